The maximum atomic E-state index is 15.8. The number of carbonyl (C=O) groups is 2. The molecule has 4 aliphatic rings. The molecule has 0 radical (unpaired) electrons. The van der Waals surface area contributed by atoms with Crippen molar-refractivity contribution in [2.45, 2.75) is 34.7 Å². The van der Waals surface area contributed by atoms with Crippen LogP contribution < -0.4 is 15.2 Å². The van der Waals surface area contributed by atoms with Crippen molar-refractivity contribution < 1.29 is 37.3 Å². The van der Waals surface area contributed by atoms with Gasteiger partial charge in [0.1, 0.15) is 6.17 Å². The summed E-state index contributed by atoms with van der Waals surface area (Å²) in [5.41, 5.74) is 1.01. The molecule has 1 saturated heterocycles. The molecule has 1 spiro atoms. The third-order valence-corrected chi connectivity index (χ3v) is 9.66. The summed E-state index contributed by atoms with van der Waals surface area (Å²) < 4.78 is 52.2. The minimum atomic E-state index is -1.02. The van der Waals surface area contributed by atoms with Crippen LogP contribution in [0.3, 0.4) is 0 Å². The number of methoxy groups -OCH3 is 1. The monoisotopic (exact) mass is 597 g/mol. The van der Waals surface area contributed by atoms with Crippen LogP contribution >= 0.6 is 11.8 Å². The number of aromatic nitrogens is 1. The molecule has 3 aliphatic heterocycles. The first-order valence-corrected chi connectivity index (χ1v) is 14.2. The van der Waals surface area contributed by atoms with Gasteiger partial charge in [-0.15, -0.1) is 11.8 Å². The van der Waals surface area contributed by atoms with Crippen LogP contribution in [0, 0.1) is 11.6 Å². The van der Waals surface area contributed by atoms with Gasteiger partial charge >= 0.3 is 6.16 Å². The number of carbonyl (C=O) groups excluding carboxylic acids is 2. The summed E-state index contributed by atoms with van der Waals surface area (Å²) in [7, 11) is 1.13. The van der Waals surface area contributed by atoms with E-state index >= 15 is 4.39 Å². The van der Waals surface area contributed by atoms with E-state index < -0.39 is 52.9 Å². The molecule has 1 aromatic heterocycles. The minimum absolute atomic E-state index is 0.0891. The second kappa shape index (κ2) is 10.0. The Morgan fingerprint density at radius 2 is 1.93 bits per heavy atom. The molecule has 2 fully saturated rings. The molecule has 2 unspecified atom stereocenters. The van der Waals surface area contributed by atoms with Crippen LogP contribution in [0.4, 0.5) is 13.6 Å². The number of amides is 1. The molecular formula is C29H25F2N3O7S. The van der Waals surface area contributed by atoms with Gasteiger partial charge in [-0.05, 0) is 36.1 Å². The molecule has 1 saturated carbocycles. The van der Waals surface area contributed by atoms with Gasteiger partial charge in [-0.25, -0.2) is 13.6 Å². The molecule has 42 heavy (non-hydrogen) atoms. The van der Waals surface area contributed by atoms with Crippen LogP contribution in [0.5, 0.6) is 5.75 Å². The number of rotatable bonds is 4. The highest BCUT2D eigenvalue weighted by Crippen LogP contribution is 2.64. The Labute approximate surface area is 242 Å². The van der Waals surface area contributed by atoms with Crippen molar-refractivity contribution in [3.05, 3.63) is 92.9 Å². The highest BCUT2D eigenvalue weighted by Gasteiger charge is 2.54. The molecule has 10 nitrogen and oxygen atoms in total. The number of pyridine rings is 1. The normalized spacial score (nSPS) is 21.5. The van der Waals surface area contributed by atoms with Gasteiger partial charge in [-0.2, -0.15) is 0 Å². The summed E-state index contributed by atoms with van der Waals surface area (Å²) >= 11 is 1.52. The van der Waals surface area contributed by atoms with Crippen LogP contribution in [0.15, 0.2) is 58.4 Å². The predicted octanol–water partition coefficient (Wildman–Crippen LogP) is 3.88. The summed E-state index contributed by atoms with van der Waals surface area (Å²) in [5, 5.41) is 1.86. The van der Waals surface area contributed by atoms with Crippen molar-refractivity contribution in [1.82, 2.24) is 9.58 Å². The Hall–Kier alpha value is -4.10. The van der Waals surface area contributed by atoms with E-state index in [0.717, 1.165) is 23.6 Å². The van der Waals surface area contributed by atoms with E-state index in [9.17, 15) is 18.8 Å². The lowest BCUT2D eigenvalue weighted by atomic mass is 9.90. The van der Waals surface area contributed by atoms with Crippen LogP contribution in [0.1, 0.15) is 46.1 Å². The van der Waals surface area contributed by atoms with Crippen molar-refractivity contribution >= 4 is 23.8 Å². The summed E-state index contributed by atoms with van der Waals surface area (Å²) in [4.78, 5) is 41.0. The topological polar surface area (TPSA) is 99.5 Å². The molecule has 1 aliphatic carbocycles. The number of ether oxygens (including phenoxy) is 4. The Bertz CT molecular complexity index is 1680. The average molecular weight is 598 g/mol. The zero-order valence-corrected chi connectivity index (χ0v) is 23.2. The van der Waals surface area contributed by atoms with Crippen molar-refractivity contribution in [1.29, 1.82) is 0 Å². The Kier molecular flexibility index (Phi) is 6.39. The van der Waals surface area contributed by atoms with E-state index in [-0.39, 0.29) is 31.2 Å². The summed E-state index contributed by atoms with van der Waals surface area (Å²) in [5.74, 6) is -2.61. The first-order valence-electron chi connectivity index (χ1n) is 13.4. The van der Waals surface area contributed by atoms with Gasteiger partial charge in [0, 0.05) is 34.0 Å². The first-order chi connectivity index (χ1) is 20.3. The van der Waals surface area contributed by atoms with Gasteiger partial charge in [0.15, 0.2) is 17.3 Å². The second-order valence-corrected chi connectivity index (χ2v) is 11.8. The van der Waals surface area contributed by atoms with E-state index in [0.29, 0.717) is 24.0 Å². The van der Waals surface area contributed by atoms with Crippen LogP contribution in [0.25, 0.3) is 0 Å². The highest BCUT2D eigenvalue weighted by molar-refractivity contribution is 8.00. The van der Waals surface area contributed by atoms with Gasteiger partial charge in [0.05, 0.1) is 26.4 Å². The number of benzene rings is 2. The first kappa shape index (κ1) is 26.8. The quantitative estimate of drug-likeness (QED) is 0.328. The van der Waals surface area contributed by atoms with E-state index in [1.165, 1.54) is 28.7 Å². The third-order valence-electron chi connectivity index (χ3n) is 8.07. The van der Waals surface area contributed by atoms with Gasteiger partial charge in [-0.1, -0.05) is 24.3 Å². The van der Waals surface area contributed by atoms with E-state index in [1.54, 1.807) is 11.0 Å². The number of morpholine rings is 1. The predicted molar refractivity (Wildman–Crippen MR) is 145 cm³/mol. The number of nitrogens with zero attached hydrogens (tertiary/aromatic N) is 3. The zero-order chi connectivity index (χ0) is 29.2. The van der Waals surface area contributed by atoms with E-state index in [1.807, 2.05) is 29.3 Å². The fraction of sp³-hybridized carbons (Fsp3) is 0.345. The Balaban J connectivity index is 1.47. The lowest BCUT2D eigenvalue weighted by Crippen LogP contribution is -2.66. The van der Waals surface area contributed by atoms with Gasteiger partial charge < -0.3 is 23.8 Å². The largest absolute Gasteiger partial charge is 0.510 e. The number of fused-ring (bicyclic) bond motifs is 5. The molecule has 4 heterocycles. The van der Waals surface area contributed by atoms with E-state index in [4.69, 9.17) is 14.2 Å². The van der Waals surface area contributed by atoms with Crippen LogP contribution in [-0.4, -0.2) is 61.5 Å². The minimum Gasteiger partial charge on any atom is -0.451 e. The summed E-state index contributed by atoms with van der Waals surface area (Å²) in [6.45, 7) is -0.0449. The lowest BCUT2D eigenvalue weighted by Gasteiger charge is -2.51. The van der Waals surface area contributed by atoms with E-state index in [2.05, 4.69) is 4.74 Å². The molecule has 3 aromatic rings. The molecular weight excluding hydrogens is 572 g/mol. The van der Waals surface area contributed by atoms with Crippen LogP contribution in [-0.2, 0) is 19.0 Å². The van der Waals surface area contributed by atoms with Gasteiger partial charge in [0.25, 0.3) is 5.91 Å². The van der Waals surface area contributed by atoms with Crippen molar-refractivity contribution in [3.63, 3.8) is 0 Å². The molecule has 218 valence electrons. The molecule has 13 heteroatoms. The third kappa shape index (κ3) is 4.05. The smallest absolute Gasteiger partial charge is 0.451 e. The van der Waals surface area contributed by atoms with Gasteiger partial charge in [-0.3, -0.25) is 19.3 Å². The average Bonchev–Trinajstić information content (AvgIpc) is 3.79. The molecule has 0 bridgehead atoms. The molecule has 0 N–H and O–H groups in total. The van der Waals surface area contributed by atoms with Crippen molar-refractivity contribution in [2.24, 2.45) is 0 Å². The maximum absolute atomic E-state index is 15.8. The van der Waals surface area contributed by atoms with Crippen LogP contribution in [0.2, 0.25) is 0 Å². The molecule has 1 amide bonds. The fourth-order valence-corrected chi connectivity index (χ4v) is 7.57. The number of thioether (sulfide) groups is 1. The maximum Gasteiger partial charge on any atom is 0.510 e. The summed E-state index contributed by atoms with van der Waals surface area (Å²) in [6, 6.07) is 11.0. The SMILES string of the molecule is COC(=O)OCOc1c2n(ccc1=O)N(C1c3ccccc3SC3(CC3)c3c1ccc(F)c3F)C1COCCN1C2=O. The number of hydrogen-bond acceptors (Lipinski definition) is 9. The molecule has 2 aromatic carbocycles. The fourth-order valence-electron chi connectivity index (χ4n) is 6.09. The number of hydrogen-bond donors (Lipinski definition) is 0. The number of halogens is 2. The second-order valence-electron chi connectivity index (χ2n) is 10.4. The summed E-state index contributed by atoms with van der Waals surface area (Å²) in [6.07, 6.45) is 1.16. The standard InChI is InChI=1S/C29H25F2N3O7S/c1-38-28(37)41-15-40-26-19(35)8-11-33-25(26)27(36)32-12-13-39-14-21(32)34(33)24-16-4-2-3-5-20(16)42-29(9-10-29)22-17(24)6-7-18(30)23(22)31/h2-8,11,21,24H,9-10,12-15H2,1H3. The molecule has 2 atom stereocenters. The Morgan fingerprint density at radius 1 is 1.12 bits per heavy atom. The highest BCUT2D eigenvalue weighted by atomic mass is 32.2. The van der Waals surface area contributed by atoms with Gasteiger partial charge in [0.2, 0.25) is 18.0 Å². The molecule has 7 rings (SSSR count). The zero-order valence-electron chi connectivity index (χ0n) is 22.4. The van der Waals surface area contributed by atoms with Crippen molar-refractivity contribution in [2.75, 3.05) is 38.7 Å². The lowest BCUT2D eigenvalue weighted by molar-refractivity contribution is -0.0209. The Morgan fingerprint density at radius 3 is 2.71 bits per heavy atom. The van der Waals surface area contributed by atoms with Crippen molar-refractivity contribution in [3.8, 4) is 5.75 Å².